The molecule has 0 aliphatic rings. The van der Waals surface area contributed by atoms with Crippen LogP contribution in [0.2, 0.25) is 0 Å². The Labute approximate surface area is 108 Å². The van der Waals surface area contributed by atoms with Crippen molar-refractivity contribution in [1.29, 1.82) is 0 Å². The van der Waals surface area contributed by atoms with E-state index < -0.39 is 0 Å². The Morgan fingerprint density at radius 2 is 2.00 bits per heavy atom. The van der Waals surface area contributed by atoms with E-state index in [4.69, 9.17) is 0 Å². The fourth-order valence-electron chi connectivity index (χ4n) is 1.49. The van der Waals surface area contributed by atoms with Crippen LogP contribution in [-0.4, -0.2) is 24.3 Å². The second-order valence-electron chi connectivity index (χ2n) is 3.56. The van der Waals surface area contributed by atoms with Crippen LogP contribution in [0.4, 0.5) is 5.69 Å². The van der Waals surface area contributed by atoms with Gasteiger partial charge >= 0.3 is 0 Å². The van der Waals surface area contributed by atoms with Gasteiger partial charge in [0.2, 0.25) is 0 Å². The summed E-state index contributed by atoms with van der Waals surface area (Å²) in [6.07, 6.45) is 4.73. The number of anilines is 1. The normalized spacial score (nSPS) is 10.4. The molecule has 0 aliphatic carbocycles. The highest BCUT2D eigenvalue weighted by Crippen LogP contribution is 2.26. The molecule has 0 aromatic heterocycles. The van der Waals surface area contributed by atoms with Crippen molar-refractivity contribution in [1.82, 2.24) is 0 Å². The molecule has 0 saturated carbocycles. The molecule has 1 nitrogen and oxygen atoms in total. The molecule has 0 heterocycles. The van der Waals surface area contributed by atoms with E-state index in [9.17, 15) is 0 Å². The van der Waals surface area contributed by atoms with Crippen LogP contribution in [0.1, 0.15) is 19.8 Å². The molecule has 16 heavy (non-hydrogen) atoms. The second kappa shape index (κ2) is 8.82. The Bertz CT molecular complexity index is 289. The number of rotatable bonds is 8. The van der Waals surface area contributed by atoms with E-state index >= 15 is 0 Å². The van der Waals surface area contributed by atoms with Crippen molar-refractivity contribution in [3.63, 3.8) is 0 Å². The summed E-state index contributed by atoms with van der Waals surface area (Å²) in [6.45, 7) is 3.28. The highest BCUT2D eigenvalue weighted by molar-refractivity contribution is 7.99. The van der Waals surface area contributed by atoms with Crippen LogP contribution in [0.15, 0.2) is 29.2 Å². The first kappa shape index (κ1) is 13.8. The lowest BCUT2D eigenvalue weighted by molar-refractivity contribution is 0.841. The molecule has 1 aromatic rings. The van der Waals surface area contributed by atoms with Crippen molar-refractivity contribution in [3.05, 3.63) is 24.3 Å². The molecular formula is C13H21NS2. The average Bonchev–Trinajstić information content (AvgIpc) is 2.31. The molecule has 1 N–H and O–H groups in total. The minimum Gasteiger partial charge on any atom is -0.384 e. The van der Waals surface area contributed by atoms with Gasteiger partial charge in [-0.3, -0.25) is 0 Å². The highest BCUT2D eigenvalue weighted by atomic mass is 32.2. The monoisotopic (exact) mass is 255 g/mol. The van der Waals surface area contributed by atoms with E-state index in [1.807, 2.05) is 23.5 Å². The third kappa shape index (κ3) is 5.17. The summed E-state index contributed by atoms with van der Waals surface area (Å²) in [5.41, 5.74) is 1.29. The number of thioether (sulfide) groups is 2. The number of hydrogen-bond acceptors (Lipinski definition) is 3. The lowest BCUT2D eigenvalue weighted by Gasteiger charge is -2.10. The van der Waals surface area contributed by atoms with Crippen LogP contribution in [0.3, 0.4) is 0 Å². The van der Waals surface area contributed by atoms with Crippen molar-refractivity contribution in [3.8, 4) is 0 Å². The van der Waals surface area contributed by atoms with Gasteiger partial charge in [-0.2, -0.15) is 11.8 Å². The van der Waals surface area contributed by atoms with E-state index in [2.05, 4.69) is 42.8 Å². The summed E-state index contributed by atoms with van der Waals surface area (Å²) in [7, 11) is 0. The minimum atomic E-state index is 1.09. The highest BCUT2D eigenvalue weighted by Gasteiger charge is 1.99. The van der Waals surface area contributed by atoms with Crippen molar-refractivity contribution < 1.29 is 0 Å². The van der Waals surface area contributed by atoms with Crippen molar-refractivity contribution >= 4 is 29.2 Å². The fraction of sp³-hybridized carbons (Fsp3) is 0.538. The molecule has 1 aromatic carbocycles. The summed E-state index contributed by atoms with van der Waals surface area (Å²) >= 11 is 3.83. The van der Waals surface area contributed by atoms with E-state index in [-0.39, 0.29) is 0 Å². The van der Waals surface area contributed by atoms with Gasteiger partial charge in [-0.05, 0) is 42.7 Å². The molecule has 0 aliphatic heterocycles. The number of benzene rings is 1. The van der Waals surface area contributed by atoms with Gasteiger partial charge in [-0.25, -0.2) is 0 Å². The number of unbranched alkanes of at least 4 members (excludes halogenated alkanes) is 1. The smallest absolute Gasteiger partial charge is 0.0478 e. The molecule has 3 heteroatoms. The zero-order valence-electron chi connectivity index (χ0n) is 10.2. The van der Waals surface area contributed by atoms with Gasteiger partial charge in [-0.1, -0.05) is 19.1 Å². The predicted octanol–water partition coefficient (Wildman–Crippen LogP) is 4.35. The van der Waals surface area contributed by atoms with Gasteiger partial charge in [0.15, 0.2) is 0 Å². The molecule has 0 saturated heterocycles. The zero-order chi connectivity index (χ0) is 11.6. The molecule has 0 bridgehead atoms. The van der Waals surface area contributed by atoms with Crippen LogP contribution in [0.25, 0.3) is 0 Å². The fourth-order valence-corrected chi connectivity index (χ4v) is 2.76. The quantitative estimate of drug-likeness (QED) is 0.548. The van der Waals surface area contributed by atoms with Gasteiger partial charge in [0.05, 0.1) is 0 Å². The SMILES string of the molecule is CCSc1ccccc1NCCCCSC. The maximum atomic E-state index is 3.53. The third-order valence-electron chi connectivity index (χ3n) is 2.28. The molecule has 0 fully saturated rings. The van der Waals surface area contributed by atoms with Gasteiger partial charge in [0, 0.05) is 17.1 Å². The van der Waals surface area contributed by atoms with Gasteiger partial charge < -0.3 is 5.32 Å². The summed E-state index contributed by atoms with van der Waals surface area (Å²) in [4.78, 5) is 1.37. The van der Waals surface area contributed by atoms with Crippen molar-refractivity contribution in [2.75, 3.05) is 29.6 Å². The summed E-state index contributed by atoms with van der Waals surface area (Å²) in [5.74, 6) is 2.40. The first-order valence-electron chi connectivity index (χ1n) is 5.83. The molecule has 0 spiro atoms. The second-order valence-corrected chi connectivity index (χ2v) is 5.85. The first-order valence-corrected chi connectivity index (χ1v) is 8.21. The summed E-state index contributed by atoms with van der Waals surface area (Å²) < 4.78 is 0. The third-order valence-corrected chi connectivity index (χ3v) is 3.93. The van der Waals surface area contributed by atoms with Crippen LogP contribution in [0, 0.1) is 0 Å². The Balaban J connectivity index is 2.34. The molecule has 0 amide bonds. The standard InChI is InChI=1S/C13H21NS2/c1-3-16-13-9-5-4-8-12(13)14-10-6-7-11-15-2/h4-5,8-9,14H,3,6-7,10-11H2,1-2H3. The van der Waals surface area contributed by atoms with Gasteiger partial charge in [0.1, 0.15) is 0 Å². The lowest BCUT2D eigenvalue weighted by atomic mass is 10.3. The number of hydrogen-bond donors (Lipinski definition) is 1. The molecule has 1 rings (SSSR count). The maximum absolute atomic E-state index is 3.53. The van der Waals surface area contributed by atoms with Crippen LogP contribution >= 0.6 is 23.5 Å². The molecule has 90 valence electrons. The van der Waals surface area contributed by atoms with Crippen molar-refractivity contribution in [2.24, 2.45) is 0 Å². The Morgan fingerprint density at radius 1 is 1.19 bits per heavy atom. The van der Waals surface area contributed by atoms with Gasteiger partial charge in [0.25, 0.3) is 0 Å². The van der Waals surface area contributed by atoms with Crippen LogP contribution in [0.5, 0.6) is 0 Å². The predicted molar refractivity (Wildman–Crippen MR) is 78.9 cm³/mol. The average molecular weight is 255 g/mol. The van der Waals surface area contributed by atoms with Crippen molar-refractivity contribution in [2.45, 2.75) is 24.7 Å². The van der Waals surface area contributed by atoms with Crippen LogP contribution < -0.4 is 5.32 Å². The van der Waals surface area contributed by atoms with E-state index in [0.29, 0.717) is 0 Å². The summed E-state index contributed by atoms with van der Waals surface area (Å²) in [6, 6.07) is 8.58. The number of nitrogens with one attached hydrogen (secondary N) is 1. The van der Waals surface area contributed by atoms with E-state index in [0.717, 1.165) is 12.3 Å². The van der Waals surface area contributed by atoms with E-state index in [1.54, 1.807) is 0 Å². The molecule has 0 unspecified atom stereocenters. The Morgan fingerprint density at radius 3 is 2.75 bits per heavy atom. The lowest BCUT2D eigenvalue weighted by Crippen LogP contribution is -2.02. The molecular weight excluding hydrogens is 234 g/mol. The van der Waals surface area contributed by atoms with Gasteiger partial charge in [-0.15, -0.1) is 11.8 Å². The summed E-state index contributed by atoms with van der Waals surface area (Å²) in [5, 5.41) is 3.53. The minimum absolute atomic E-state index is 1.09. The Kier molecular flexibility index (Phi) is 7.60. The largest absolute Gasteiger partial charge is 0.384 e. The van der Waals surface area contributed by atoms with Crippen LogP contribution in [-0.2, 0) is 0 Å². The zero-order valence-corrected chi connectivity index (χ0v) is 11.8. The topological polar surface area (TPSA) is 12.0 Å². The number of para-hydroxylation sites is 1. The first-order chi connectivity index (χ1) is 7.88. The van der Waals surface area contributed by atoms with E-state index in [1.165, 1.54) is 29.2 Å². The maximum Gasteiger partial charge on any atom is 0.0478 e. The Hall–Kier alpha value is -0.280. The molecule has 0 radical (unpaired) electrons. The molecule has 0 atom stereocenters.